The first kappa shape index (κ1) is 6.16. The predicted octanol–water partition coefficient (Wildman–Crippen LogP) is 1.24. The van der Waals surface area contributed by atoms with Gasteiger partial charge in [-0.1, -0.05) is 12.1 Å². The molecule has 0 unspecified atom stereocenters. The number of hydrogen-bond acceptors (Lipinski definition) is 2. The molecule has 3 heterocycles. The van der Waals surface area contributed by atoms with Crippen molar-refractivity contribution in [2.45, 2.75) is 5.54 Å². The van der Waals surface area contributed by atoms with Gasteiger partial charge in [0.1, 0.15) is 5.75 Å². The zero-order chi connectivity index (χ0) is 8.68. The Labute approximate surface area is 75.1 Å². The lowest BCUT2D eigenvalue weighted by atomic mass is 10.0. The topological polar surface area (TPSA) is 26.3 Å². The van der Waals surface area contributed by atoms with Crippen LogP contribution in [-0.2, 0) is 5.54 Å². The van der Waals surface area contributed by atoms with Gasteiger partial charge >= 0.3 is 6.09 Å². The van der Waals surface area contributed by atoms with Crippen LogP contribution in [0.4, 0.5) is 4.79 Å². The van der Waals surface area contributed by atoms with Crippen LogP contribution >= 0.6 is 0 Å². The zero-order valence-corrected chi connectivity index (χ0v) is 6.99. The summed E-state index contributed by atoms with van der Waals surface area (Å²) >= 11 is 0. The van der Waals surface area contributed by atoms with Crippen molar-refractivity contribution in [1.29, 1.82) is 0 Å². The average Bonchev–Trinajstić information content (AvgIpc) is 2.90. The molecule has 0 saturated carbocycles. The van der Waals surface area contributed by atoms with Gasteiger partial charge in [-0.15, -0.1) is 0 Å². The summed E-state index contributed by atoms with van der Waals surface area (Å²) in [6, 6.07) is 7.88. The van der Waals surface area contributed by atoms with Crippen molar-refractivity contribution in [2.75, 3.05) is 13.1 Å². The first-order valence-corrected chi connectivity index (χ1v) is 4.48. The number of carbonyl (C=O) groups excluding carboxylic acids is 1. The fourth-order valence-corrected chi connectivity index (χ4v) is 2.60. The lowest BCUT2D eigenvalue weighted by molar-refractivity contribution is -0.626. The molecule has 0 aliphatic carbocycles. The first-order valence-electron chi connectivity index (χ1n) is 4.48. The van der Waals surface area contributed by atoms with Gasteiger partial charge in [-0.25, -0.2) is 0 Å². The Balaban J connectivity index is 2.03. The Kier molecular flexibility index (Phi) is 0.661. The lowest BCUT2D eigenvalue weighted by Crippen LogP contribution is -2.27. The third-order valence-corrected chi connectivity index (χ3v) is 3.61. The van der Waals surface area contributed by atoms with E-state index in [4.69, 9.17) is 4.74 Å². The van der Waals surface area contributed by atoms with Crippen LogP contribution in [0.3, 0.4) is 0 Å². The Morgan fingerprint density at radius 1 is 1.31 bits per heavy atom. The summed E-state index contributed by atoms with van der Waals surface area (Å²) in [5.74, 6) is 0.774. The molecular weight excluding hydrogens is 166 g/mol. The van der Waals surface area contributed by atoms with Crippen LogP contribution in [0.2, 0.25) is 0 Å². The second-order valence-corrected chi connectivity index (χ2v) is 4.18. The molecule has 3 heteroatoms. The van der Waals surface area contributed by atoms with Gasteiger partial charge in [0.05, 0.1) is 5.56 Å². The van der Waals surface area contributed by atoms with Gasteiger partial charge in [0.15, 0.2) is 13.1 Å². The Morgan fingerprint density at radius 3 is 2.92 bits per heavy atom. The maximum Gasteiger partial charge on any atom is 0.523 e. The fraction of sp³-hybridized carbons (Fsp3) is 0.300. The van der Waals surface area contributed by atoms with E-state index in [9.17, 15) is 4.79 Å². The number of benzene rings is 1. The van der Waals surface area contributed by atoms with E-state index in [-0.39, 0.29) is 11.6 Å². The number of para-hydroxylation sites is 1. The molecule has 0 bridgehead atoms. The van der Waals surface area contributed by atoms with Crippen LogP contribution in [0.15, 0.2) is 24.3 Å². The van der Waals surface area contributed by atoms with Crippen molar-refractivity contribution in [3.05, 3.63) is 29.8 Å². The summed E-state index contributed by atoms with van der Waals surface area (Å²) in [5, 5.41) is 0. The number of amides is 1. The number of nitrogens with zero attached hydrogens (tertiary/aromatic N) is 1. The highest BCUT2D eigenvalue weighted by molar-refractivity contribution is 5.75. The molecule has 3 nitrogen and oxygen atoms in total. The van der Waals surface area contributed by atoms with Crippen molar-refractivity contribution in [3.8, 4) is 5.75 Å². The molecular formula is C10H8NO2+. The summed E-state index contributed by atoms with van der Waals surface area (Å²) in [6.45, 7) is 1.92. The van der Waals surface area contributed by atoms with E-state index in [2.05, 4.69) is 6.07 Å². The Morgan fingerprint density at radius 2 is 2.08 bits per heavy atom. The third kappa shape index (κ3) is 0.438. The third-order valence-electron chi connectivity index (χ3n) is 3.61. The molecule has 1 aromatic rings. The summed E-state index contributed by atoms with van der Waals surface area (Å²) in [5.41, 5.74) is 1.39. The molecule has 0 aromatic heterocycles. The molecule has 13 heavy (non-hydrogen) atoms. The zero-order valence-electron chi connectivity index (χ0n) is 6.99. The van der Waals surface area contributed by atoms with Crippen molar-refractivity contribution < 1.29 is 14.0 Å². The molecule has 0 radical (unpaired) electrons. The minimum atomic E-state index is -0.0568. The van der Waals surface area contributed by atoms with Gasteiger partial charge in [0, 0.05) is 0 Å². The fourth-order valence-electron chi connectivity index (χ4n) is 2.60. The summed E-state index contributed by atoms with van der Waals surface area (Å²) < 4.78 is 5.83. The minimum absolute atomic E-state index is 0.0568. The first-order chi connectivity index (χ1) is 6.29. The molecule has 3 aliphatic heterocycles. The van der Waals surface area contributed by atoms with Gasteiger partial charge < -0.3 is 4.74 Å². The van der Waals surface area contributed by atoms with Crippen LogP contribution < -0.4 is 4.74 Å². The van der Waals surface area contributed by atoms with Gasteiger partial charge in [0.25, 0.3) is 0 Å². The summed E-state index contributed by atoms with van der Waals surface area (Å²) in [6.07, 6.45) is -0.0568. The van der Waals surface area contributed by atoms with Crippen LogP contribution in [0.1, 0.15) is 5.56 Å². The van der Waals surface area contributed by atoms with Gasteiger partial charge in [-0.05, 0) is 12.1 Å². The maximum atomic E-state index is 11.5. The molecule has 0 spiro atoms. The molecule has 1 aromatic carbocycles. The normalized spacial score (nSPS) is 42.6. The molecule has 2 saturated heterocycles. The van der Waals surface area contributed by atoms with E-state index in [0.717, 1.165) is 18.8 Å². The number of quaternary nitrogens is 1. The average molecular weight is 174 g/mol. The van der Waals surface area contributed by atoms with Crippen molar-refractivity contribution in [1.82, 2.24) is 0 Å². The predicted molar refractivity (Wildman–Crippen MR) is 44.1 cm³/mol. The van der Waals surface area contributed by atoms with E-state index in [1.807, 2.05) is 18.2 Å². The quantitative estimate of drug-likeness (QED) is 0.437. The molecule has 3 aliphatic rings. The highest BCUT2D eigenvalue weighted by Gasteiger charge is 2.96. The number of hydrogen-bond donors (Lipinski definition) is 0. The second-order valence-electron chi connectivity index (χ2n) is 4.18. The van der Waals surface area contributed by atoms with Crippen LogP contribution in [0, 0.1) is 0 Å². The van der Waals surface area contributed by atoms with Crippen LogP contribution in [-0.4, -0.2) is 23.7 Å². The van der Waals surface area contributed by atoms with Crippen molar-refractivity contribution >= 4 is 6.09 Å². The van der Waals surface area contributed by atoms with Crippen molar-refractivity contribution in [2.24, 2.45) is 0 Å². The second kappa shape index (κ2) is 1.40. The minimum Gasteiger partial charge on any atom is -0.380 e. The van der Waals surface area contributed by atoms with Crippen LogP contribution in [0.25, 0.3) is 0 Å². The monoisotopic (exact) mass is 174 g/mol. The summed E-state index contributed by atoms with van der Waals surface area (Å²) in [4.78, 5) is 11.5. The number of ether oxygens (including phenoxy) is 1. The highest BCUT2D eigenvalue weighted by atomic mass is 16.6. The molecule has 0 atom stereocenters. The Bertz CT molecular complexity index is 446. The van der Waals surface area contributed by atoms with E-state index in [0.29, 0.717) is 4.48 Å². The van der Waals surface area contributed by atoms with E-state index < -0.39 is 0 Å². The highest BCUT2D eigenvalue weighted by Crippen LogP contribution is 2.70. The molecule has 64 valence electrons. The Hall–Kier alpha value is -1.35. The molecule has 2 fully saturated rings. The van der Waals surface area contributed by atoms with E-state index in [1.165, 1.54) is 5.56 Å². The van der Waals surface area contributed by atoms with E-state index in [1.54, 1.807) is 0 Å². The molecule has 1 amide bonds. The SMILES string of the molecule is O=C1Oc2ccccc2C23C[N+]12C3. The largest absolute Gasteiger partial charge is 0.523 e. The van der Waals surface area contributed by atoms with Crippen LogP contribution in [0.5, 0.6) is 5.75 Å². The number of carbonyl (C=O) groups is 1. The van der Waals surface area contributed by atoms with Crippen molar-refractivity contribution in [3.63, 3.8) is 0 Å². The molecule has 4 rings (SSSR count). The number of rotatable bonds is 0. The van der Waals surface area contributed by atoms with Gasteiger partial charge in [-0.2, -0.15) is 9.28 Å². The lowest BCUT2D eigenvalue weighted by Gasteiger charge is -2.09. The van der Waals surface area contributed by atoms with E-state index >= 15 is 0 Å². The smallest absolute Gasteiger partial charge is 0.380 e. The standard InChI is InChI=1S/C10H8NO2/c12-9-11-5-10(11,6-11)7-3-1-2-4-8(7)13-9/h1-4H,5-6H2/q+1. The van der Waals surface area contributed by atoms with Gasteiger partial charge in [-0.3, -0.25) is 0 Å². The summed E-state index contributed by atoms with van der Waals surface area (Å²) in [7, 11) is 0. The number of fused-ring (bicyclic) bond motifs is 1. The van der Waals surface area contributed by atoms with Gasteiger partial charge in [0.2, 0.25) is 5.54 Å². The molecule has 0 N–H and O–H groups in total. The maximum absolute atomic E-state index is 11.5.